The number of aromatic nitrogens is 2. The Morgan fingerprint density at radius 3 is 2.69 bits per heavy atom. The summed E-state index contributed by atoms with van der Waals surface area (Å²) < 4.78 is 11.7. The van der Waals surface area contributed by atoms with E-state index in [0.717, 1.165) is 87.5 Å². The van der Waals surface area contributed by atoms with Crippen LogP contribution in [0, 0.1) is 0 Å². The zero-order chi connectivity index (χ0) is 20.1. The van der Waals surface area contributed by atoms with E-state index < -0.39 is 0 Å². The van der Waals surface area contributed by atoms with Crippen molar-refractivity contribution in [3.8, 4) is 0 Å². The number of hydrogen-bond donors (Lipinski definition) is 2. The second-order valence-electron chi connectivity index (χ2n) is 8.24. The average molecular weight is 401 g/mol. The largest absolute Gasteiger partial charge is 0.369 e. The van der Waals surface area contributed by atoms with Crippen LogP contribution in [0.1, 0.15) is 37.9 Å². The minimum Gasteiger partial charge on any atom is -0.369 e. The lowest BCUT2D eigenvalue weighted by atomic mass is 9.89. The van der Waals surface area contributed by atoms with Crippen LogP contribution in [0.3, 0.4) is 0 Å². The molecule has 4 rings (SSSR count). The van der Waals surface area contributed by atoms with Gasteiger partial charge in [0, 0.05) is 37.2 Å². The van der Waals surface area contributed by atoms with Crippen LogP contribution in [-0.4, -0.2) is 67.1 Å². The number of rotatable bonds is 8. The standard InChI is InChI=1S/C22H33N5O2/c1-23-12-5-13-24-21-18-6-3-4-7-19(18)25-20(26-21)16-27(2)17-8-10-22(11-9-17)28-14-15-29-22/h3-4,6-7,17,23H,5,8-16H2,1-2H3,(H,24,25,26)/p+1. The van der Waals surface area contributed by atoms with E-state index in [-0.39, 0.29) is 5.79 Å². The Bertz CT molecular complexity index is 799. The summed E-state index contributed by atoms with van der Waals surface area (Å²) >= 11 is 0. The predicted molar refractivity (Wildman–Crippen MR) is 114 cm³/mol. The molecule has 2 aliphatic rings. The highest BCUT2D eigenvalue weighted by atomic mass is 16.7. The quantitative estimate of drug-likeness (QED) is 0.658. The third kappa shape index (κ3) is 4.86. The van der Waals surface area contributed by atoms with Gasteiger partial charge in [0.05, 0.1) is 38.9 Å². The number of ether oxygens (including phenoxy) is 2. The van der Waals surface area contributed by atoms with Gasteiger partial charge in [-0.2, -0.15) is 0 Å². The summed E-state index contributed by atoms with van der Waals surface area (Å²) in [6.07, 6.45) is 5.23. The molecule has 7 nitrogen and oxygen atoms in total. The topological polar surface area (TPSA) is 76.1 Å². The lowest BCUT2D eigenvalue weighted by Gasteiger charge is -2.38. The maximum Gasteiger partial charge on any atom is 0.168 e. The van der Waals surface area contributed by atoms with Crippen molar-refractivity contribution < 1.29 is 14.8 Å². The van der Waals surface area contributed by atoms with E-state index in [4.69, 9.17) is 19.4 Å². The summed E-state index contributed by atoms with van der Waals surface area (Å²) in [5, 5.41) is 6.82. The highest BCUT2D eigenvalue weighted by Crippen LogP contribution is 2.37. The maximum atomic E-state index is 5.87. The summed E-state index contributed by atoms with van der Waals surface area (Å²) in [7, 11) is 4.29. The summed E-state index contributed by atoms with van der Waals surface area (Å²) in [4.78, 5) is 12.1. The van der Waals surface area contributed by atoms with Gasteiger partial charge in [-0.1, -0.05) is 12.1 Å². The number of quaternary nitrogens is 1. The van der Waals surface area contributed by atoms with Crippen molar-refractivity contribution in [2.24, 2.45) is 0 Å². The zero-order valence-electron chi connectivity index (χ0n) is 17.7. The molecule has 0 bridgehead atoms. The van der Waals surface area contributed by atoms with E-state index in [0.29, 0.717) is 6.04 Å². The van der Waals surface area contributed by atoms with Crippen molar-refractivity contribution in [3.63, 3.8) is 0 Å². The highest BCUT2D eigenvalue weighted by Gasteiger charge is 2.41. The smallest absolute Gasteiger partial charge is 0.168 e. The van der Waals surface area contributed by atoms with E-state index in [1.807, 2.05) is 12.1 Å². The first kappa shape index (κ1) is 20.5. The summed E-state index contributed by atoms with van der Waals surface area (Å²) in [5.41, 5.74) is 1.01. The van der Waals surface area contributed by atoms with Gasteiger partial charge in [0.1, 0.15) is 11.6 Å². The Hall–Kier alpha value is -1.80. The first-order valence-corrected chi connectivity index (χ1v) is 10.9. The Morgan fingerprint density at radius 2 is 1.93 bits per heavy atom. The molecule has 1 aromatic heterocycles. The second kappa shape index (κ2) is 9.34. The number of benzene rings is 1. The van der Waals surface area contributed by atoms with E-state index in [1.54, 1.807) is 0 Å². The van der Waals surface area contributed by atoms with Crippen molar-refractivity contribution in [2.75, 3.05) is 45.7 Å². The van der Waals surface area contributed by atoms with E-state index in [9.17, 15) is 0 Å². The van der Waals surface area contributed by atoms with E-state index in [2.05, 4.69) is 41.8 Å². The van der Waals surface area contributed by atoms with Crippen molar-refractivity contribution in [2.45, 2.75) is 50.5 Å². The molecule has 2 fully saturated rings. The van der Waals surface area contributed by atoms with Gasteiger partial charge in [0.2, 0.25) is 0 Å². The van der Waals surface area contributed by atoms with Crippen molar-refractivity contribution >= 4 is 16.7 Å². The SMILES string of the molecule is C[NH2+]CCCNc1nc(CN(C)C2CCC3(CC2)OCCO3)nc2ccccc12. The van der Waals surface area contributed by atoms with E-state index >= 15 is 0 Å². The third-order valence-electron chi connectivity index (χ3n) is 6.16. The number of nitrogens with one attached hydrogen (secondary N) is 1. The number of para-hydroxylation sites is 1. The summed E-state index contributed by atoms with van der Waals surface area (Å²) in [6.45, 7) is 4.25. The molecular weight excluding hydrogens is 366 g/mol. The van der Waals surface area contributed by atoms with E-state index in [1.165, 1.54) is 0 Å². The van der Waals surface area contributed by atoms with Crippen LogP contribution >= 0.6 is 0 Å². The molecule has 2 aromatic rings. The van der Waals surface area contributed by atoms with Crippen LogP contribution in [0.2, 0.25) is 0 Å². The molecule has 1 aliphatic carbocycles. The van der Waals surface area contributed by atoms with Crippen molar-refractivity contribution in [1.29, 1.82) is 0 Å². The monoisotopic (exact) mass is 400 g/mol. The molecule has 0 radical (unpaired) electrons. The molecule has 1 aromatic carbocycles. The minimum absolute atomic E-state index is 0.302. The van der Waals surface area contributed by atoms with Gasteiger partial charge in [0.25, 0.3) is 0 Å². The first-order chi connectivity index (χ1) is 14.2. The van der Waals surface area contributed by atoms with Gasteiger partial charge >= 0.3 is 0 Å². The number of nitrogens with two attached hydrogens (primary N) is 1. The average Bonchev–Trinajstić information content (AvgIpc) is 3.19. The van der Waals surface area contributed by atoms with Gasteiger partial charge in [-0.15, -0.1) is 0 Å². The Labute approximate surface area is 173 Å². The first-order valence-electron chi connectivity index (χ1n) is 10.9. The normalized spacial score (nSPS) is 19.4. The molecule has 1 spiro atoms. The molecular formula is C22H34N5O2+. The second-order valence-corrected chi connectivity index (χ2v) is 8.24. The lowest BCUT2D eigenvalue weighted by molar-refractivity contribution is -0.626. The van der Waals surface area contributed by atoms with Gasteiger partial charge in [-0.25, -0.2) is 9.97 Å². The predicted octanol–water partition coefficient (Wildman–Crippen LogP) is 1.74. The molecule has 0 unspecified atom stereocenters. The van der Waals surface area contributed by atoms with Crippen molar-refractivity contribution in [1.82, 2.24) is 14.9 Å². The molecule has 1 saturated heterocycles. The molecule has 158 valence electrons. The molecule has 0 atom stereocenters. The van der Waals surface area contributed by atoms with Crippen LogP contribution < -0.4 is 10.6 Å². The number of fused-ring (bicyclic) bond motifs is 1. The minimum atomic E-state index is -0.302. The Kier molecular flexibility index (Phi) is 6.60. The van der Waals surface area contributed by atoms with Crippen LogP contribution in [0.15, 0.2) is 24.3 Å². The molecule has 2 heterocycles. The summed E-state index contributed by atoms with van der Waals surface area (Å²) in [6, 6.07) is 8.78. The van der Waals surface area contributed by atoms with Gasteiger partial charge in [-0.3, -0.25) is 4.90 Å². The molecule has 3 N–H and O–H groups in total. The molecule has 7 heteroatoms. The van der Waals surface area contributed by atoms with Crippen LogP contribution in [-0.2, 0) is 16.0 Å². The van der Waals surface area contributed by atoms with Gasteiger partial charge < -0.3 is 20.1 Å². The molecule has 1 saturated carbocycles. The molecule has 29 heavy (non-hydrogen) atoms. The Morgan fingerprint density at radius 1 is 1.17 bits per heavy atom. The Balaban J connectivity index is 1.43. The zero-order valence-corrected chi connectivity index (χ0v) is 17.7. The highest BCUT2D eigenvalue weighted by molar-refractivity contribution is 5.88. The van der Waals surface area contributed by atoms with Crippen LogP contribution in [0.25, 0.3) is 10.9 Å². The number of anilines is 1. The number of hydrogen-bond acceptors (Lipinski definition) is 6. The number of nitrogens with zero attached hydrogens (tertiary/aromatic N) is 3. The molecule has 1 aliphatic heterocycles. The van der Waals surface area contributed by atoms with Crippen LogP contribution in [0.5, 0.6) is 0 Å². The van der Waals surface area contributed by atoms with Gasteiger partial charge in [0.15, 0.2) is 5.79 Å². The fourth-order valence-electron chi connectivity index (χ4n) is 4.46. The van der Waals surface area contributed by atoms with Gasteiger partial charge in [-0.05, 0) is 32.0 Å². The fourth-order valence-corrected chi connectivity index (χ4v) is 4.46. The van der Waals surface area contributed by atoms with Crippen LogP contribution in [0.4, 0.5) is 5.82 Å². The molecule has 0 amide bonds. The fraction of sp³-hybridized carbons (Fsp3) is 0.636. The third-order valence-corrected chi connectivity index (χ3v) is 6.16. The summed E-state index contributed by atoms with van der Waals surface area (Å²) in [5.74, 6) is 1.53. The maximum absolute atomic E-state index is 5.87. The van der Waals surface area contributed by atoms with Crippen molar-refractivity contribution in [3.05, 3.63) is 30.1 Å². The lowest BCUT2D eigenvalue weighted by Crippen LogP contribution is -2.79.